The van der Waals surface area contributed by atoms with Crippen LogP contribution >= 0.6 is 11.3 Å². The first-order valence-electron chi connectivity index (χ1n) is 5.98. The Morgan fingerprint density at radius 3 is 2.43 bits per heavy atom. The van der Waals surface area contributed by atoms with Gasteiger partial charge in [0.15, 0.2) is 15.5 Å². The quantitative estimate of drug-likeness (QED) is 0.888. The molecule has 1 aromatic heterocycles. The lowest BCUT2D eigenvalue weighted by Crippen LogP contribution is -2.39. The third-order valence-corrected chi connectivity index (χ3v) is 5.30. The number of aromatic nitrogens is 1. The van der Waals surface area contributed by atoms with Crippen LogP contribution in [0, 0.1) is 0 Å². The van der Waals surface area contributed by atoms with E-state index >= 15 is 0 Å². The number of hydrogen-bond donors (Lipinski definition) is 1. The molecule has 120 valence electrons. The normalized spacial score (nSPS) is 15.5. The van der Waals surface area contributed by atoms with E-state index in [1.165, 1.54) is 6.92 Å². The monoisotopic (exact) mass is 344 g/mol. The van der Waals surface area contributed by atoms with Crippen LogP contribution in [-0.4, -0.2) is 30.8 Å². The van der Waals surface area contributed by atoms with Crippen LogP contribution in [0.25, 0.3) is 0 Å². The summed E-state index contributed by atoms with van der Waals surface area (Å²) < 4.78 is 60.1. The lowest BCUT2D eigenvalue weighted by Gasteiger charge is -2.17. The van der Waals surface area contributed by atoms with Gasteiger partial charge in [0.25, 0.3) is 0 Å². The molecule has 0 aliphatic carbocycles. The molecule has 0 saturated heterocycles. The second-order valence-electron chi connectivity index (χ2n) is 4.51. The molecule has 0 aromatic carbocycles. The molecule has 0 aliphatic heterocycles. The summed E-state index contributed by atoms with van der Waals surface area (Å²) in [7, 11) is -3.57. The number of sulfone groups is 1. The van der Waals surface area contributed by atoms with Crippen molar-refractivity contribution in [1.82, 2.24) is 10.3 Å². The summed E-state index contributed by atoms with van der Waals surface area (Å²) in [5, 5.41) is 2.11. The van der Waals surface area contributed by atoms with Crippen LogP contribution in [0.1, 0.15) is 37.0 Å². The molecule has 0 saturated carbocycles. The van der Waals surface area contributed by atoms with E-state index in [0.717, 1.165) is 23.0 Å². The van der Waals surface area contributed by atoms with Crippen molar-refractivity contribution in [3.05, 3.63) is 16.1 Å². The SMILES string of the molecule is CC[C@H](NC(=O)[C@@H](C)S(C)(=O)=O)c1nc(C(F)(F)F)cs1. The molecular weight excluding hydrogens is 329 g/mol. The van der Waals surface area contributed by atoms with Crippen LogP contribution in [0.4, 0.5) is 13.2 Å². The van der Waals surface area contributed by atoms with Gasteiger partial charge in [0.05, 0.1) is 6.04 Å². The van der Waals surface area contributed by atoms with Gasteiger partial charge in [0.2, 0.25) is 5.91 Å². The third kappa shape index (κ3) is 4.67. The van der Waals surface area contributed by atoms with E-state index in [9.17, 15) is 26.4 Å². The van der Waals surface area contributed by atoms with Crippen LogP contribution < -0.4 is 5.32 Å². The number of carbonyl (C=O) groups is 1. The third-order valence-electron chi connectivity index (χ3n) is 2.85. The average Bonchev–Trinajstić information content (AvgIpc) is 2.82. The molecule has 2 atom stereocenters. The van der Waals surface area contributed by atoms with Crippen LogP contribution in [-0.2, 0) is 20.8 Å². The highest BCUT2D eigenvalue weighted by molar-refractivity contribution is 7.92. The molecule has 0 aliphatic rings. The second-order valence-corrected chi connectivity index (χ2v) is 7.77. The van der Waals surface area contributed by atoms with Crippen molar-refractivity contribution in [2.24, 2.45) is 0 Å². The maximum Gasteiger partial charge on any atom is 0.434 e. The zero-order valence-corrected chi connectivity index (χ0v) is 13.2. The van der Waals surface area contributed by atoms with Gasteiger partial charge in [-0.2, -0.15) is 13.2 Å². The van der Waals surface area contributed by atoms with Gasteiger partial charge in [0, 0.05) is 11.6 Å². The first-order valence-corrected chi connectivity index (χ1v) is 8.82. The number of amides is 1. The fourth-order valence-corrected chi connectivity index (χ4v) is 2.82. The highest BCUT2D eigenvalue weighted by atomic mass is 32.2. The molecule has 5 nitrogen and oxygen atoms in total. The number of nitrogens with one attached hydrogen (secondary N) is 1. The Hall–Kier alpha value is -1.16. The van der Waals surface area contributed by atoms with E-state index < -0.39 is 38.9 Å². The summed E-state index contributed by atoms with van der Waals surface area (Å²) in [6.07, 6.45) is -3.33. The molecule has 0 unspecified atom stereocenters. The number of hydrogen-bond acceptors (Lipinski definition) is 5. The molecule has 1 N–H and O–H groups in total. The minimum absolute atomic E-state index is 0.0962. The fraction of sp³-hybridized carbons (Fsp3) is 0.636. The van der Waals surface area contributed by atoms with Gasteiger partial charge >= 0.3 is 6.18 Å². The molecule has 0 spiro atoms. The van der Waals surface area contributed by atoms with E-state index in [-0.39, 0.29) is 5.01 Å². The summed E-state index contributed by atoms with van der Waals surface area (Å²) in [6.45, 7) is 2.88. The average molecular weight is 344 g/mol. The van der Waals surface area contributed by atoms with Crippen molar-refractivity contribution in [3.63, 3.8) is 0 Å². The number of halogens is 3. The summed E-state index contributed by atoms with van der Waals surface area (Å²) in [6, 6.07) is -0.747. The van der Waals surface area contributed by atoms with Gasteiger partial charge in [-0.3, -0.25) is 4.79 Å². The molecule has 0 fully saturated rings. The van der Waals surface area contributed by atoms with Gasteiger partial charge in [-0.25, -0.2) is 13.4 Å². The maximum atomic E-state index is 12.5. The number of nitrogens with zero attached hydrogens (tertiary/aromatic N) is 1. The largest absolute Gasteiger partial charge is 0.434 e. The number of carbonyl (C=O) groups excluding carboxylic acids is 1. The van der Waals surface area contributed by atoms with Crippen LogP contribution in [0.3, 0.4) is 0 Å². The highest BCUT2D eigenvalue weighted by Gasteiger charge is 2.35. The predicted molar refractivity (Wildman–Crippen MR) is 72.6 cm³/mol. The molecule has 1 aromatic rings. The van der Waals surface area contributed by atoms with E-state index in [1.807, 2.05) is 0 Å². The van der Waals surface area contributed by atoms with Gasteiger partial charge in [-0.1, -0.05) is 6.92 Å². The predicted octanol–water partition coefficient (Wildman–Crippen LogP) is 2.16. The molecule has 1 heterocycles. The van der Waals surface area contributed by atoms with Crippen molar-refractivity contribution < 1.29 is 26.4 Å². The van der Waals surface area contributed by atoms with Crippen molar-refractivity contribution >= 4 is 27.1 Å². The number of alkyl halides is 3. The number of thiazole rings is 1. The Balaban J connectivity index is 2.90. The summed E-state index contributed by atoms with van der Waals surface area (Å²) in [5.74, 6) is -0.756. The smallest absolute Gasteiger partial charge is 0.346 e. The van der Waals surface area contributed by atoms with E-state index in [4.69, 9.17) is 0 Å². The minimum atomic E-state index is -4.54. The Labute approximate surface area is 124 Å². The van der Waals surface area contributed by atoms with Crippen LogP contribution in [0.2, 0.25) is 0 Å². The Morgan fingerprint density at radius 2 is 2.05 bits per heavy atom. The minimum Gasteiger partial charge on any atom is -0.346 e. The molecule has 21 heavy (non-hydrogen) atoms. The topological polar surface area (TPSA) is 76.1 Å². The Morgan fingerprint density at radius 1 is 1.48 bits per heavy atom. The molecule has 1 rings (SSSR count). The van der Waals surface area contributed by atoms with Gasteiger partial charge in [0.1, 0.15) is 10.3 Å². The molecule has 10 heteroatoms. The van der Waals surface area contributed by atoms with Crippen molar-refractivity contribution in [2.45, 2.75) is 37.7 Å². The standard InChI is InChI=1S/C11H15F3N2O3S2/c1-4-7(15-9(17)6(2)21(3,18)19)10-16-8(5-20-10)11(12,13)14/h5-7H,4H2,1-3H3,(H,15,17)/t6-,7+/m1/s1. The summed E-state index contributed by atoms with van der Waals surface area (Å²) in [5.41, 5.74) is -1.02. The molecule has 0 bridgehead atoms. The molecular formula is C11H15F3N2O3S2. The lowest BCUT2D eigenvalue weighted by molar-refractivity contribution is -0.140. The van der Waals surface area contributed by atoms with Crippen molar-refractivity contribution in [2.75, 3.05) is 6.26 Å². The fourth-order valence-electron chi connectivity index (χ4n) is 1.40. The highest BCUT2D eigenvalue weighted by Crippen LogP contribution is 2.32. The Kier molecular flexibility index (Phi) is 5.37. The van der Waals surface area contributed by atoms with Gasteiger partial charge < -0.3 is 5.32 Å². The number of rotatable bonds is 5. The second kappa shape index (κ2) is 6.30. The van der Waals surface area contributed by atoms with Gasteiger partial charge in [-0.15, -0.1) is 11.3 Å². The maximum absolute atomic E-state index is 12.5. The van der Waals surface area contributed by atoms with E-state index in [2.05, 4.69) is 10.3 Å². The van der Waals surface area contributed by atoms with Crippen molar-refractivity contribution in [1.29, 1.82) is 0 Å². The summed E-state index contributed by atoms with van der Waals surface area (Å²) >= 11 is 0.775. The van der Waals surface area contributed by atoms with E-state index in [0.29, 0.717) is 6.42 Å². The molecule has 1 amide bonds. The lowest BCUT2D eigenvalue weighted by atomic mass is 10.2. The molecule has 0 radical (unpaired) electrons. The Bertz CT molecular complexity index is 610. The first-order chi connectivity index (χ1) is 9.46. The van der Waals surface area contributed by atoms with Crippen molar-refractivity contribution in [3.8, 4) is 0 Å². The van der Waals surface area contributed by atoms with Crippen LogP contribution in [0.15, 0.2) is 5.38 Å². The first kappa shape index (κ1) is 17.9. The summed E-state index contributed by atoms with van der Waals surface area (Å²) in [4.78, 5) is 15.3. The zero-order chi connectivity index (χ0) is 16.4. The zero-order valence-electron chi connectivity index (χ0n) is 11.6. The van der Waals surface area contributed by atoms with Crippen LogP contribution in [0.5, 0.6) is 0 Å². The van der Waals surface area contributed by atoms with Gasteiger partial charge in [-0.05, 0) is 13.3 Å². The van der Waals surface area contributed by atoms with E-state index in [1.54, 1.807) is 6.92 Å².